The maximum Gasteiger partial charge on any atom is 0.213 e. The molecule has 2 heterocycles. The summed E-state index contributed by atoms with van der Waals surface area (Å²) in [5.41, 5.74) is 0.946. The van der Waals surface area contributed by atoms with E-state index in [1.165, 1.54) is 4.31 Å². The van der Waals surface area contributed by atoms with Crippen molar-refractivity contribution in [3.8, 4) is 0 Å². The largest absolute Gasteiger partial charge is 0.371 e. The van der Waals surface area contributed by atoms with Crippen molar-refractivity contribution in [1.82, 2.24) is 14.2 Å². The summed E-state index contributed by atoms with van der Waals surface area (Å²) in [5, 5.41) is 0. The van der Waals surface area contributed by atoms with Gasteiger partial charge in [-0.25, -0.2) is 12.7 Å². The van der Waals surface area contributed by atoms with Crippen LogP contribution >= 0.6 is 0 Å². The summed E-state index contributed by atoms with van der Waals surface area (Å²) in [6, 6.07) is 5.82. The van der Waals surface area contributed by atoms with Gasteiger partial charge in [0.15, 0.2) is 0 Å². The number of sulfonamides is 1. The summed E-state index contributed by atoms with van der Waals surface area (Å²) in [7, 11) is 0.0705. The first-order chi connectivity index (χ1) is 11.0. The molecule has 2 rings (SSSR count). The predicted molar refractivity (Wildman–Crippen MR) is 90.6 cm³/mol. The van der Waals surface area contributed by atoms with Crippen LogP contribution in [-0.2, 0) is 21.4 Å². The maximum atomic E-state index is 11.8. The normalized spacial score (nSPS) is 20.0. The highest BCUT2D eigenvalue weighted by molar-refractivity contribution is 7.89. The van der Waals surface area contributed by atoms with Crippen molar-refractivity contribution in [2.75, 3.05) is 39.5 Å². The fourth-order valence-electron chi connectivity index (χ4n) is 2.69. The second kappa shape index (κ2) is 8.73. The summed E-state index contributed by atoms with van der Waals surface area (Å²) in [5.74, 6) is 0.204. The van der Waals surface area contributed by atoms with E-state index in [9.17, 15) is 8.42 Å². The first kappa shape index (κ1) is 18.3. The Morgan fingerprint density at radius 3 is 2.91 bits per heavy atom. The van der Waals surface area contributed by atoms with Gasteiger partial charge in [-0.3, -0.25) is 4.98 Å². The zero-order valence-electron chi connectivity index (χ0n) is 14.0. The second-order valence-corrected chi connectivity index (χ2v) is 8.45. The Morgan fingerprint density at radius 1 is 1.39 bits per heavy atom. The minimum Gasteiger partial charge on any atom is -0.371 e. The Bertz CT molecular complexity index is 563. The van der Waals surface area contributed by atoms with Gasteiger partial charge in [0, 0.05) is 26.8 Å². The lowest BCUT2D eigenvalue weighted by Gasteiger charge is -2.32. The maximum absolute atomic E-state index is 11.8. The van der Waals surface area contributed by atoms with Gasteiger partial charge in [0.25, 0.3) is 0 Å². The van der Waals surface area contributed by atoms with Gasteiger partial charge in [0.05, 0.1) is 24.2 Å². The van der Waals surface area contributed by atoms with Gasteiger partial charge in [0.1, 0.15) is 0 Å². The van der Waals surface area contributed by atoms with Gasteiger partial charge in [-0.15, -0.1) is 0 Å². The van der Waals surface area contributed by atoms with Gasteiger partial charge in [0.2, 0.25) is 10.0 Å². The molecule has 1 aliphatic heterocycles. The summed E-state index contributed by atoms with van der Waals surface area (Å²) in [6.07, 6.45) is 4.79. The van der Waals surface area contributed by atoms with Crippen molar-refractivity contribution in [2.24, 2.45) is 0 Å². The molecule has 1 aliphatic rings. The van der Waals surface area contributed by atoms with E-state index in [2.05, 4.69) is 9.88 Å². The van der Waals surface area contributed by atoms with Gasteiger partial charge in [-0.1, -0.05) is 6.07 Å². The number of hydrogen-bond acceptors (Lipinski definition) is 5. The molecule has 1 fully saturated rings. The van der Waals surface area contributed by atoms with Gasteiger partial charge in [-0.05, 0) is 44.5 Å². The molecule has 1 aromatic heterocycles. The van der Waals surface area contributed by atoms with Crippen LogP contribution in [0.5, 0.6) is 0 Å². The van der Waals surface area contributed by atoms with Crippen molar-refractivity contribution in [1.29, 1.82) is 0 Å². The minimum atomic E-state index is -3.09. The molecular weight excluding hydrogens is 314 g/mol. The first-order valence-electron chi connectivity index (χ1n) is 8.11. The van der Waals surface area contributed by atoms with E-state index in [1.54, 1.807) is 20.3 Å². The van der Waals surface area contributed by atoms with E-state index in [0.717, 1.165) is 38.2 Å². The van der Waals surface area contributed by atoms with Crippen LogP contribution in [0.15, 0.2) is 24.4 Å². The van der Waals surface area contributed by atoms with Crippen molar-refractivity contribution in [3.63, 3.8) is 0 Å². The highest BCUT2D eigenvalue weighted by Crippen LogP contribution is 2.15. The Kier molecular flexibility index (Phi) is 6.95. The third-order valence-electron chi connectivity index (χ3n) is 4.09. The van der Waals surface area contributed by atoms with Gasteiger partial charge in [-0.2, -0.15) is 0 Å². The van der Waals surface area contributed by atoms with E-state index in [1.807, 2.05) is 18.2 Å². The number of piperidine rings is 1. The van der Waals surface area contributed by atoms with Crippen LogP contribution in [0, 0.1) is 0 Å². The number of aromatic nitrogens is 1. The molecule has 1 atom stereocenters. The lowest BCUT2D eigenvalue weighted by Crippen LogP contribution is -2.40. The molecule has 6 nitrogen and oxygen atoms in total. The van der Waals surface area contributed by atoms with Crippen molar-refractivity contribution in [3.05, 3.63) is 30.1 Å². The number of ether oxygens (including phenoxy) is 1. The molecule has 0 bridgehead atoms. The Labute approximate surface area is 139 Å². The van der Waals surface area contributed by atoms with E-state index >= 15 is 0 Å². The number of likely N-dealkylation sites (tertiary alicyclic amines) is 1. The second-order valence-electron chi connectivity index (χ2n) is 6.15. The highest BCUT2D eigenvalue weighted by Gasteiger charge is 2.21. The van der Waals surface area contributed by atoms with Crippen LogP contribution in [0.1, 0.15) is 25.0 Å². The third-order valence-corrected chi connectivity index (χ3v) is 6.01. The molecule has 0 N–H and O–H groups in total. The number of nitrogens with zero attached hydrogens (tertiary/aromatic N) is 3. The molecule has 0 spiro atoms. The van der Waals surface area contributed by atoms with Crippen LogP contribution in [0.3, 0.4) is 0 Å². The minimum absolute atomic E-state index is 0.204. The van der Waals surface area contributed by atoms with E-state index < -0.39 is 10.0 Å². The van der Waals surface area contributed by atoms with E-state index in [-0.39, 0.29) is 11.9 Å². The predicted octanol–water partition coefficient (Wildman–Crippen LogP) is 1.34. The lowest BCUT2D eigenvalue weighted by atomic mass is 10.1. The molecule has 0 radical (unpaired) electrons. The average molecular weight is 341 g/mol. The Morgan fingerprint density at radius 2 is 2.22 bits per heavy atom. The topological polar surface area (TPSA) is 62.7 Å². The van der Waals surface area contributed by atoms with E-state index in [0.29, 0.717) is 13.0 Å². The van der Waals surface area contributed by atoms with Crippen LogP contribution in [0.25, 0.3) is 0 Å². The number of rotatable bonds is 8. The molecule has 1 saturated heterocycles. The van der Waals surface area contributed by atoms with Crippen LogP contribution in [-0.4, -0.2) is 68.2 Å². The molecule has 1 unspecified atom stereocenters. The molecular formula is C16H27N3O3S. The summed E-state index contributed by atoms with van der Waals surface area (Å²) < 4.78 is 30.8. The van der Waals surface area contributed by atoms with E-state index in [4.69, 9.17) is 4.74 Å². The summed E-state index contributed by atoms with van der Waals surface area (Å²) >= 11 is 0. The molecule has 0 saturated carbocycles. The molecule has 0 amide bonds. The number of hydrogen-bond donors (Lipinski definition) is 0. The Hall–Kier alpha value is -1.02. The standard InChI is InChI=1S/C16H27N3O3S/c1-18(2)23(20,21)12-6-11-19-10-5-8-16(13-19)22-14-15-7-3-4-9-17-15/h3-4,7,9,16H,5-6,8,10-14H2,1-2H3. The first-order valence-corrected chi connectivity index (χ1v) is 9.72. The van der Waals surface area contributed by atoms with Crippen LogP contribution in [0.4, 0.5) is 0 Å². The zero-order chi connectivity index (χ0) is 16.7. The van der Waals surface area contributed by atoms with Gasteiger partial charge >= 0.3 is 0 Å². The fourth-order valence-corrected chi connectivity index (χ4v) is 3.55. The van der Waals surface area contributed by atoms with Crippen molar-refractivity contribution < 1.29 is 13.2 Å². The Balaban J connectivity index is 1.71. The zero-order valence-corrected chi connectivity index (χ0v) is 14.8. The average Bonchev–Trinajstić information content (AvgIpc) is 2.54. The lowest BCUT2D eigenvalue weighted by molar-refractivity contribution is -0.0110. The molecule has 130 valence electrons. The SMILES string of the molecule is CN(C)S(=O)(=O)CCCN1CCCC(OCc2ccccn2)C1. The van der Waals surface area contributed by atoms with Crippen molar-refractivity contribution in [2.45, 2.75) is 32.0 Å². The van der Waals surface area contributed by atoms with Crippen molar-refractivity contribution >= 4 is 10.0 Å². The molecule has 0 aliphatic carbocycles. The molecule has 1 aromatic rings. The van der Waals surface area contributed by atoms with Gasteiger partial charge < -0.3 is 9.64 Å². The van der Waals surface area contributed by atoms with Crippen LogP contribution in [0.2, 0.25) is 0 Å². The monoisotopic (exact) mass is 341 g/mol. The summed E-state index contributed by atoms with van der Waals surface area (Å²) in [4.78, 5) is 6.57. The van der Waals surface area contributed by atoms with Crippen LogP contribution < -0.4 is 0 Å². The third kappa shape index (κ3) is 6.18. The molecule has 23 heavy (non-hydrogen) atoms. The quantitative estimate of drug-likeness (QED) is 0.714. The number of pyridine rings is 1. The molecule has 7 heteroatoms. The smallest absolute Gasteiger partial charge is 0.213 e. The molecule has 0 aromatic carbocycles. The fraction of sp³-hybridized carbons (Fsp3) is 0.688. The summed E-state index contributed by atoms with van der Waals surface area (Å²) in [6.45, 7) is 3.23. The highest BCUT2D eigenvalue weighted by atomic mass is 32.2.